The first kappa shape index (κ1) is 26.6. The summed E-state index contributed by atoms with van der Waals surface area (Å²) in [6.07, 6.45) is 1.43. The van der Waals surface area contributed by atoms with Gasteiger partial charge in [0, 0.05) is 45.3 Å². The number of carbonyl (C=O) groups is 2. The molecule has 0 saturated carbocycles. The van der Waals surface area contributed by atoms with Gasteiger partial charge in [0.15, 0.2) is 5.54 Å². The minimum Gasteiger partial charge on any atom is -0.494 e. The highest BCUT2D eigenvalue weighted by Crippen LogP contribution is 2.28. The van der Waals surface area contributed by atoms with E-state index in [1.807, 2.05) is 0 Å². The van der Waals surface area contributed by atoms with Gasteiger partial charge in [-0.25, -0.2) is 4.99 Å². The molecule has 0 spiro atoms. The van der Waals surface area contributed by atoms with Gasteiger partial charge in [0.25, 0.3) is 5.91 Å². The standard InChI is InChI=1S/C24H36N2O7/c1-23(2,3)33-20(28)11-12-24(22(29)25-13-5-15-30-4)17-32-21(26-24)18-7-9-19(10-8-18)31-16-6-14-27/h7-10,27H,5-6,11-17H2,1-4H3,(H,25,29)/t24-/m1/s1. The monoisotopic (exact) mass is 464 g/mol. The molecule has 0 radical (unpaired) electrons. The second kappa shape index (κ2) is 12.6. The van der Waals surface area contributed by atoms with Crippen molar-refractivity contribution in [3.8, 4) is 5.75 Å². The van der Waals surface area contributed by atoms with E-state index in [2.05, 4.69) is 10.3 Å². The van der Waals surface area contributed by atoms with E-state index in [4.69, 9.17) is 24.1 Å². The van der Waals surface area contributed by atoms with Crippen molar-refractivity contribution >= 4 is 17.8 Å². The van der Waals surface area contributed by atoms with Gasteiger partial charge in [-0.2, -0.15) is 0 Å². The number of nitrogens with zero attached hydrogens (tertiary/aromatic N) is 1. The van der Waals surface area contributed by atoms with Crippen molar-refractivity contribution in [3.63, 3.8) is 0 Å². The smallest absolute Gasteiger partial charge is 0.306 e. The predicted molar refractivity (Wildman–Crippen MR) is 123 cm³/mol. The van der Waals surface area contributed by atoms with Crippen LogP contribution in [0.2, 0.25) is 0 Å². The van der Waals surface area contributed by atoms with E-state index in [9.17, 15) is 9.59 Å². The summed E-state index contributed by atoms with van der Waals surface area (Å²) in [5, 5.41) is 11.7. The number of aliphatic imine (C=N–C) groups is 1. The molecule has 1 aliphatic heterocycles. The first-order valence-corrected chi connectivity index (χ1v) is 11.2. The fraction of sp³-hybridized carbons (Fsp3) is 0.625. The third-order valence-corrected chi connectivity index (χ3v) is 4.83. The highest BCUT2D eigenvalue weighted by atomic mass is 16.6. The number of aliphatic hydroxyl groups is 1. The maximum atomic E-state index is 13.1. The van der Waals surface area contributed by atoms with Crippen LogP contribution >= 0.6 is 0 Å². The van der Waals surface area contributed by atoms with Gasteiger partial charge < -0.3 is 29.4 Å². The number of esters is 1. The molecule has 2 rings (SSSR count). The molecule has 1 amide bonds. The van der Waals surface area contributed by atoms with Gasteiger partial charge in [-0.1, -0.05) is 0 Å². The minimum absolute atomic E-state index is 0.0377. The summed E-state index contributed by atoms with van der Waals surface area (Å²) in [5.41, 5.74) is -1.11. The molecule has 184 valence electrons. The van der Waals surface area contributed by atoms with Gasteiger partial charge in [-0.05, 0) is 57.9 Å². The quantitative estimate of drug-likeness (QED) is 0.340. The summed E-state index contributed by atoms with van der Waals surface area (Å²) in [4.78, 5) is 30.0. The zero-order chi connectivity index (χ0) is 24.3. The molecule has 0 fully saturated rings. The molecule has 0 aromatic heterocycles. The molecule has 0 saturated heterocycles. The number of nitrogens with one attached hydrogen (secondary N) is 1. The number of amides is 1. The molecule has 0 bridgehead atoms. The molecule has 2 N–H and O–H groups in total. The van der Waals surface area contributed by atoms with E-state index < -0.39 is 11.1 Å². The van der Waals surface area contributed by atoms with Crippen molar-refractivity contribution in [1.29, 1.82) is 0 Å². The second-order valence-electron chi connectivity index (χ2n) is 8.88. The predicted octanol–water partition coefficient (Wildman–Crippen LogP) is 2.24. The third kappa shape index (κ3) is 8.66. The van der Waals surface area contributed by atoms with Gasteiger partial charge in [-0.3, -0.25) is 9.59 Å². The fourth-order valence-electron chi connectivity index (χ4n) is 3.19. The number of hydrogen-bond donors (Lipinski definition) is 2. The largest absolute Gasteiger partial charge is 0.494 e. The van der Waals surface area contributed by atoms with Crippen LogP contribution in [0.4, 0.5) is 0 Å². The first-order chi connectivity index (χ1) is 15.7. The summed E-state index contributed by atoms with van der Waals surface area (Å²) < 4.78 is 21.8. The number of ether oxygens (including phenoxy) is 4. The Morgan fingerprint density at radius 1 is 1.18 bits per heavy atom. The molecular formula is C24H36N2O7. The molecule has 1 aliphatic rings. The Balaban J connectivity index is 2.13. The van der Waals surface area contributed by atoms with Gasteiger partial charge >= 0.3 is 5.97 Å². The van der Waals surface area contributed by atoms with Gasteiger partial charge in [0.1, 0.15) is 18.0 Å². The SMILES string of the molecule is COCCCNC(=O)[C@@]1(CCC(=O)OC(C)(C)C)COC(c2ccc(OCCCO)cc2)=N1. The fourth-order valence-corrected chi connectivity index (χ4v) is 3.19. The van der Waals surface area contributed by atoms with Gasteiger partial charge in [-0.15, -0.1) is 0 Å². The van der Waals surface area contributed by atoms with Gasteiger partial charge in [0.2, 0.25) is 5.90 Å². The van der Waals surface area contributed by atoms with Crippen LogP contribution < -0.4 is 10.1 Å². The summed E-state index contributed by atoms with van der Waals surface area (Å²) in [6, 6.07) is 7.16. The highest BCUT2D eigenvalue weighted by molar-refractivity contribution is 6.00. The topological polar surface area (TPSA) is 116 Å². The van der Waals surface area contributed by atoms with E-state index in [1.165, 1.54) is 0 Å². The summed E-state index contributed by atoms with van der Waals surface area (Å²) in [5.74, 6) is 0.328. The molecule has 1 atom stereocenters. The van der Waals surface area contributed by atoms with Crippen LogP contribution in [-0.4, -0.2) is 74.1 Å². The van der Waals surface area contributed by atoms with Crippen LogP contribution in [-0.2, 0) is 23.8 Å². The van der Waals surface area contributed by atoms with Crippen LogP contribution in [0.5, 0.6) is 5.75 Å². The Morgan fingerprint density at radius 2 is 1.91 bits per heavy atom. The Kier molecular flexibility index (Phi) is 10.1. The van der Waals surface area contributed by atoms with Crippen molar-refractivity contribution < 1.29 is 33.6 Å². The number of carbonyl (C=O) groups excluding carboxylic acids is 2. The normalized spacial score (nSPS) is 17.8. The molecular weight excluding hydrogens is 428 g/mol. The van der Waals surface area contributed by atoms with Crippen LogP contribution in [0.1, 0.15) is 52.0 Å². The maximum Gasteiger partial charge on any atom is 0.306 e. The maximum absolute atomic E-state index is 13.1. The lowest BCUT2D eigenvalue weighted by Crippen LogP contribution is -2.47. The zero-order valence-corrected chi connectivity index (χ0v) is 20.0. The molecule has 0 aliphatic carbocycles. The highest BCUT2D eigenvalue weighted by Gasteiger charge is 2.44. The van der Waals surface area contributed by atoms with Crippen LogP contribution in [0.15, 0.2) is 29.3 Å². The lowest BCUT2D eigenvalue weighted by molar-refractivity contribution is -0.155. The Morgan fingerprint density at radius 3 is 2.55 bits per heavy atom. The zero-order valence-electron chi connectivity index (χ0n) is 20.0. The second-order valence-corrected chi connectivity index (χ2v) is 8.88. The Labute approximate surface area is 195 Å². The van der Waals surface area contributed by atoms with E-state index in [-0.39, 0.29) is 37.9 Å². The molecule has 1 aromatic carbocycles. The number of rotatable bonds is 13. The molecule has 1 heterocycles. The van der Waals surface area contributed by atoms with E-state index >= 15 is 0 Å². The Hall–Kier alpha value is -2.65. The Bertz CT molecular complexity index is 802. The van der Waals surface area contributed by atoms with Crippen molar-refractivity contribution in [2.45, 2.75) is 57.6 Å². The van der Waals surface area contributed by atoms with E-state index in [0.717, 1.165) is 0 Å². The molecule has 1 aromatic rings. The van der Waals surface area contributed by atoms with Crippen molar-refractivity contribution in [2.24, 2.45) is 4.99 Å². The number of benzene rings is 1. The van der Waals surface area contributed by atoms with Crippen molar-refractivity contribution in [1.82, 2.24) is 5.32 Å². The van der Waals surface area contributed by atoms with Crippen LogP contribution in [0.3, 0.4) is 0 Å². The number of aliphatic hydroxyl groups excluding tert-OH is 1. The van der Waals surface area contributed by atoms with E-state index in [0.29, 0.717) is 49.8 Å². The average molecular weight is 465 g/mol. The number of hydrogen-bond acceptors (Lipinski definition) is 8. The van der Waals surface area contributed by atoms with Gasteiger partial charge in [0.05, 0.1) is 6.61 Å². The molecule has 9 heteroatoms. The summed E-state index contributed by atoms with van der Waals surface area (Å²) >= 11 is 0. The summed E-state index contributed by atoms with van der Waals surface area (Å²) in [6.45, 7) is 6.90. The van der Waals surface area contributed by atoms with Crippen LogP contribution in [0.25, 0.3) is 0 Å². The van der Waals surface area contributed by atoms with Crippen molar-refractivity contribution in [2.75, 3.05) is 40.1 Å². The minimum atomic E-state index is -1.21. The first-order valence-electron chi connectivity index (χ1n) is 11.2. The van der Waals surface area contributed by atoms with E-state index in [1.54, 1.807) is 52.1 Å². The summed E-state index contributed by atoms with van der Waals surface area (Å²) in [7, 11) is 1.61. The average Bonchev–Trinajstić information content (AvgIpc) is 3.21. The lowest BCUT2D eigenvalue weighted by Gasteiger charge is -2.24. The van der Waals surface area contributed by atoms with Crippen LogP contribution in [0, 0.1) is 0 Å². The molecule has 0 unspecified atom stereocenters. The molecule has 33 heavy (non-hydrogen) atoms. The number of methoxy groups -OCH3 is 1. The molecule has 9 nitrogen and oxygen atoms in total. The van der Waals surface area contributed by atoms with Crippen molar-refractivity contribution in [3.05, 3.63) is 29.8 Å². The third-order valence-electron chi connectivity index (χ3n) is 4.83. The lowest BCUT2D eigenvalue weighted by atomic mass is 9.94.